The van der Waals surface area contributed by atoms with E-state index in [-0.39, 0.29) is 12.2 Å². The summed E-state index contributed by atoms with van der Waals surface area (Å²) in [6.45, 7) is 0. The summed E-state index contributed by atoms with van der Waals surface area (Å²) in [7, 11) is 0. The van der Waals surface area contributed by atoms with E-state index < -0.39 is 5.60 Å². The molecule has 2 aromatic carbocycles. The van der Waals surface area contributed by atoms with Crippen LogP contribution in [0.5, 0.6) is 0 Å². The van der Waals surface area contributed by atoms with Crippen LogP contribution in [0.25, 0.3) is 11.3 Å². The molecule has 0 spiro atoms. The monoisotopic (exact) mass is 301 g/mol. The Morgan fingerprint density at radius 1 is 0.913 bits per heavy atom. The number of hydrogen-bond donors (Lipinski definition) is 1. The number of Topliss-reactive ketones (excluding diaryl/α,β-unsaturated/α-hetero) is 1. The Morgan fingerprint density at radius 3 is 2.43 bits per heavy atom. The third-order valence-electron chi connectivity index (χ3n) is 4.39. The predicted molar refractivity (Wildman–Crippen MR) is 88.1 cm³/mol. The van der Waals surface area contributed by atoms with Gasteiger partial charge in [-0.3, -0.25) is 9.78 Å². The number of rotatable bonds is 3. The lowest BCUT2D eigenvalue weighted by atomic mass is 9.85. The van der Waals surface area contributed by atoms with Crippen molar-refractivity contribution in [3.8, 4) is 11.3 Å². The number of aromatic nitrogens is 1. The highest BCUT2D eigenvalue weighted by Gasteiger charge is 2.43. The number of fused-ring (bicyclic) bond motifs is 3. The Morgan fingerprint density at radius 2 is 1.61 bits per heavy atom. The fraction of sp³-hybridized carbons (Fsp3) is 0.100. The van der Waals surface area contributed by atoms with Gasteiger partial charge in [0, 0.05) is 29.3 Å². The number of carbonyl (C=O) groups excluding carboxylic acids is 1. The van der Waals surface area contributed by atoms with Crippen molar-refractivity contribution in [1.82, 2.24) is 4.98 Å². The summed E-state index contributed by atoms with van der Waals surface area (Å²) < 4.78 is 0. The summed E-state index contributed by atoms with van der Waals surface area (Å²) in [5, 5.41) is 11.4. The predicted octanol–water partition coefficient (Wildman–Crippen LogP) is 3.57. The number of nitrogens with zero attached hydrogens (tertiary/aromatic N) is 1. The molecule has 1 unspecified atom stereocenters. The number of carbonyl (C=O) groups is 1. The van der Waals surface area contributed by atoms with Gasteiger partial charge in [0.25, 0.3) is 0 Å². The molecule has 3 aromatic rings. The van der Waals surface area contributed by atoms with Gasteiger partial charge in [-0.15, -0.1) is 0 Å². The molecule has 3 nitrogen and oxygen atoms in total. The number of aliphatic hydroxyl groups is 1. The number of pyridine rings is 1. The van der Waals surface area contributed by atoms with Crippen LogP contribution < -0.4 is 0 Å². The summed E-state index contributed by atoms with van der Waals surface area (Å²) in [4.78, 5) is 17.0. The summed E-state index contributed by atoms with van der Waals surface area (Å²) in [5.41, 5.74) is 2.38. The van der Waals surface area contributed by atoms with Gasteiger partial charge in [0.2, 0.25) is 0 Å². The zero-order valence-electron chi connectivity index (χ0n) is 12.4. The Kier molecular flexibility index (Phi) is 3.10. The van der Waals surface area contributed by atoms with Gasteiger partial charge in [0.05, 0.1) is 5.69 Å². The molecule has 1 aliphatic carbocycles. The summed E-state index contributed by atoms with van der Waals surface area (Å²) >= 11 is 0. The van der Waals surface area contributed by atoms with Crippen molar-refractivity contribution in [1.29, 1.82) is 0 Å². The average Bonchev–Trinajstić information content (AvgIpc) is 2.86. The van der Waals surface area contributed by atoms with E-state index in [1.807, 2.05) is 48.5 Å². The molecule has 0 aliphatic heterocycles. The van der Waals surface area contributed by atoms with Crippen molar-refractivity contribution in [3.05, 3.63) is 89.6 Å². The Labute approximate surface area is 134 Å². The van der Waals surface area contributed by atoms with Crippen LogP contribution in [0.15, 0.2) is 72.9 Å². The first kappa shape index (κ1) is 13.9. The quantitative estimate of drug-likeness (QED) is 0.752. The largest absolute Gasteiger partial charge is 0.380 e. The van der Waals surface area contributed by atoms with E-state index in [9.17, 15) is 9.90 Å². The number of hydrogen-bond acceptors (Lipinski definition) is 3. The molecule has 0 radical (unpaired) electrons. The van der Waals surface area contributed by atoms with Crippen LogP contribution in [0, 0.1) is 0 Å². The second-order valence-corrected chi connectivity index (χ2v) is 5.77. The lowest BCUT2D eigenvalue weighted by Crippen LogP contribution is -2.28. The van der Waals surface area contributed by atoms with Gasteiger partial charge in [-0.1, -0.05) is 60.7 Å². The highest BCUT2D eigenvalue weighted by molar-refractivity contribution is 5.98. The molecule has 23 heavy (non-hydrogen) atoms. The van der Waals surface area contributed by atoms with E-state index in [0.717, 1.165) is 16.8 Å². The smallest absolute Gasteiger partial charge is 0.166 e. The van der Waals surface area contributed by atoms with Gasteiger partial charge in [0.15, 0.2) is 5.78 Å². The molecule has 1 atom stereocenters. The Hall–Kier alpha value is -2.78. The van der Waals surface area contributed by atoms with Gasteiger partial charge < -0.3 is 5.11 Å². The molecule has 1 heterocycles. The molecule has 3 heteroatoms. The maximum absolute atomic E-state index is 12.6. The van der Waals surface area contributed by atoms with Crippen molar-refractivity contribution in [2.45, 2.75) is 12.0 Å². The molecule has 1 N–H and O–H groups in total. The SMILES string of the molecule is O=C(CC1(O)c2ccccc2-c2ncccc21)c1ccccc1. The third-order valence-corrected chi connectivity index (χ3v) is 4.39. The van der Waals surface area contributed by atoms with Crippen molar-refractivity contribution in [2.75, 3.05) is 0 Å². The second-order valence-electron chi connectivity index (χ2n) is 5.77. The highest BCUT2D eigenvalue weighted by atomic mass is 16.3. The van der Waals surface area contributed by atoms with Crippen molar-refractivity contribution in [2.24, 2.45) is 0 Å². The minimum atomic E-state index is -1.33. The van der Waals surface area contributed by atoms with E-state index in [2.05, 4.69) is 4.98 Å². The van der Waals surface area contributed by atoms with Crippen LogP contribution in [-0.2, 0) is 5.60 Å². The van der Waals surface area contributed by atoms with Gasteiger partial charge in [-0.2, -0.15) is 0 Å². The standard InChI is InChI=1S/C20H15NO2/c22-18(14-7-2-1-3-8-14)13-20(23)16-10-5-4-9-15(16)19-17(20)11-6-12-21-19/h1-12,23H,13H2. The van der Waals surface area contributed by atoms with E-state index in [1.54, 1.807) is 24.4 Å². The average molecular weight is 301 g/mol. The lowest BCUT2D eigenvalue weighted by Gasteiger charge is -2.24. The molecule has 0 saturated heterocycles. The molecule has 1 aromatic heterocycles. The zero-order chi connectivity index (χ0) is 15.9. The molecular formula is C20H15NO2. The van der Waals surface area contributed by atoms with E-state index in [4.69, 9.17) is 0 Å². The van der Waals surface area contributed by atoms with E-state index in [0.29, 0.717) is 11.1 Å². The molecule has 0 saturated carbocycles. The van der Waals surface area contributed by atoms with Gasteiger partial charge in [-0.25, -0.2) is 0 Å². The minimum Gasteiger partial charge on any atom is -0.380 e. The van der Waals surface area contributed by atoms with Crippen LogP contribution in [0.1, 0.15) is 27.9 Å². The summed E-state index contributed by atoms with van der Waals surface area (Å²) in [6.07, 6.45) is 1.72. The highest BCUT2D eigenvalue weighted by Crippen LogP contribution is 2.48. The lowest BCUT2D eigenvalue weighted by molar-refractivity contribution is 0.0609. The van der Waals surface area contributed by atoms with Crippen LogP contribution in [0.3, 0.4) is 0 Å². The Bertz CT molecular complexity index is 841. The molecule has 0 bridgehead atoms. The van der Waals surface area contributed by atoms with E-state index >= 15 is 0 Å². The maximum Gasteiger partial charge on any atom is 0.166 e. The fourth-order valence-electron chi connectivity index (χ4n) is 3.30. The summed E-state index contributed by atoms with van der Waals surface area (Å²) in [6, 6.07) is 20.3. The Balaban J connectivity index is 1.82. The maximum atomic E-state index is 12.6. The van der Waals surface area contributed by atoms with Crippen LogP contribution in [-0.4, -0.2) is 15.9 Å². The van der Waals surface area contributed by atoms with Crippen LogP contribution >= 0.6 is 0 Å². The van der Waals surface area contributed by atoms with Crippen LogP contribution in [0.2, 0.25) is 0 Å². The third kappa shape index (κ3) is 2.09. The molecule has 4 rings (SSSR count). The fourth-order valence-corrected chi connectivity index (χ4v) is 3.30. The van der Waals surface area contributed by atoms with E-state index in [1.165, 1.54) is 0 Å². The zero-order valence-corrected chi connectivity index (χ0v) is 12.4. The first-order valence-electron chi connectivity index (χ1n) is 7.56. The van der Waals surface area contributed by atoms with Crippen LogP contribution in [0.4, 0.5) is 0 Å². The normalized spacial score (nSPS) is 18.3. The van der Waals surface area contributed by atoms with Crippen molar-refractivity contribution >= 4 is 5.78 Å². The van der Waals surface area contributed by atoms with Crippen molar-refractivity contribution < 1.29 is 9.90 Å². The molecule has 0 fully saturated rings. The topological polar surface area (TPSA) is 50.2 Å². The molecule has 0 amide bonds. The van der Waals surface area contributed by atoms with Gasteiger partial charge >= 0.3 is 0 Å². The first-order chi connectivity index (χ1) is 11.2. The molecule has 112 valence electrons. The van der Waals surface area contributed by atoms with Crippen molar-refractivity contribution in [3.63, 3.8) is 0 Å². The first-order valence-corrected chi connectivity index (χ1v) is 7.56. The molecular weight excluding hydrogens is 286 g/mol. The van der Waals surface area contributed by atoms with Gasteiger partial charge in [-0.05, 0) is 11.6 Å². The van der Waals surface area contributed by atoms with Gasteiger partial charge in [0.1, 0.15) is 5.60 Å². The number of benzene rings is 2. The second kappa shape index (κ2) is 5.14. The summed E-state index contributed by atoms with van der Waals surface area (Å²) in [5.74, 6) is -0.0837. The number of ketones is 1. The molecule has 1 aliphatic rings. The minimum absolute atomic E-state index is 0.00667.